The second kappa shape index (κ2) is 7.39. The van der Waals surface area contributed by atoms with Crippen LogP contribution in [0.4, 0.5) is 0 Å². The first-order valence-electron chi connectivity index (χ1n) is 5.39. The zero-order valence-corrected chi connectivity index (χ0v) is 12.2. The van der Waals surface area contributed by atoms with Crippen molar-refractivity contribution < 1.29 is 9.53 Å². The Bertz CT molecular complexity index is 440. The van der Waals surface area contributed by atoms with Crippen molar-refractivity contribution >= 4 is 39.6 Å². The minimum Gasteiger partial charge on any atom is -0.438 e. The van der Waals surface area contributed by atoms with Crippen LogP contribution in [0.15, 0.2) is 43.0 Å². The average Bonchev–Trinajstić information content (AvgIpc) is 2.39. The molecule has 1 rings (SSSR count). The van der Waals surface area contributed by atoms with Gasteiger partial charge in [0.15, 0.2) is 0 Å². The van der Waals surface area contributed by atoms with Crippen molar-refractivity contribution in [2.45, 2.75) is 12.0 Å². The predicted octanol–water partition coefficient (Wildman–Crippen LogP) is 4.45. The molecule has 0 N–H and O–H groups in total. The van der Waals surface area contributed by atoms with Crippen LogP contribution < -0.4 is 0 Å². The Labute approximate surface area is 120 Å². The van der Waals surface area contributed by atoms with E-state index in [2.05, 4.69) is 29.1 Å². The fraction of sp³-hybridized carbons (Fsp3) is 0.214. The highest BCUT2D eigenvalue weighted by atomic mass is 79.9. The van der Waals surface area contributed by atoms with Crippen LogP contribution in [0.5, 0.6) is 0 Å². The van der Waals surface area contributed by atoms with E-state index in [1.165, 1.54) is 0 Å². The molecule has 0 aromatic heterocycles. The van der Waals surface area contributed by atoms with Crippen molar-refractivity contribution in [2.75, 3.05) is 5.33 Å². The van der Waals surface area contributed by atoms with E-state index in [0.29, 0.717) is 17.3 Å². The van der Waals surface area contributed by atoms with E-state index >= 15 is 0 Å². The van der Waals surface area contributed by atoms with Gasteiger partial charge in [0, 0.05) is 16.5 Å². The van der Waals surface area contributed by atoms with Gasteiger partial charge in [0.2, 0.25) is 5.56 Å². The molecule has 0 radical (unpaired) electrons. The monoisotopic (exact) mass is 328 g/mol. The van der Waals surface area contributed by atoms with Gasteiger partial charge < -0.3 is 4.74 Å². The van der Waals surface area contributed by atoms with Gasteiger partial charge in [0.25, 0.3) is 0 Å². The van der Waals surface area contributed by atoms with Gasteiger partial charge in [0.1, 0.15) is 0 Å². The summed E-state index contributed by atoms with van der Waals surface area (Å²) in [6.45, 7) is 7.31. The summed E-state index contributed by atoms with van der Waals surface area (Å²) in [6, 6.07) is 7.32. The van der Waals surface area contributed by atoms with Crippen molar-refractivity contribution in [1.82, 2.24) is 0 Å². The van der Waals surface area contributed by atoms with Gasteiger partial charge in [-0.25, -0.2) is 4.79 Å². The van der Waals surface area contributed by atoms with Crippen LogP contribution in [0, 0.1) is 0 Å². The first-order valence-corrected chi connectivity index (χ1v) is 6.95. The lowest BCUT2D eigenvalue weighted by Gasteiger charge is -2.12. The summed E-state index contributed by atoms with van der Waals surface area (Å²) < 4.78 is 5.10. The standard InChI is InChI=1S/C14H14BrClO2/c1-3-11-4-6-12(7-5-11)13(16)18-14(17)10(2)8-9-15/h3-7,13H,1-2,8-9H2. The molecule has 1 aromatic carbocycles. The maximum Gasteiger partial charge on any atom is 0.335 e. The predicted molar refractivity (Wildman–Crippen MR) is 78.8 cm³/mol. The number of hydrogen-bond donors (Lipinski definition) is 0. The van der Waals surface area contributed by atoms with Crippen molar-refractivity contribution in [2.24, 2.45) is 0 Å². The number of halogens is 2. The van der Waals surface area contributed by atoms with Gasteiger partial charge in [-0.15, -0.1) is 0 Å². The molecule has 96 valence electrons. The Morgan fingerprint density at radius 2 is 2.06 bits per heavy atom. The fourth-order valence-corrected chi connectivity index (χ4v) is 1.95. The lowest BCUT2D eigenvalue weighted by atomic mass is 10.1. The summed E-state index contributed by atoms with van der Waals surface area (Å²) in [6.07, 6.45) is 2.27. The number of ether oxygens (including phenoxy) is 1. The molecule has 0 saturated carbocycles. The van der Waals surface area contributed by atoms with Gasteiger partial charge in [0.05, 0.1) is 0 Å². The van der Waals surface area contributed by atoms with E-state index < -0.39 is 11.5 Å². The normalized spacial score (nSPS) is 11.7. The maximum atomic E-state index is 11.6. The Hall–Kier alpha value is -1.06. The van der Waals surface area contributed by atoms with E-state index in [9.17, 15) is 4.79 Å². The highest BCUT2D eigenvalue weighted by Gasteiger charge is 2.15. The smallest absolute Gasteiger partial charge is 0.335 e. The molecule has 0 heterocycles. The lowest BCUT2D eigenvalue weighted by molar-refractivity contribution is -0.141. The van der Waals surface area contributed by atoms with E-state index in [1.807, 2.05) is 12.1 Å². The molecule has 0 fully saturated rings. The minimum atomic E-state index is -0.802. The van der Waals surface area contributed by atoms with Gasteiger partial charge >= 0.3 is 5.97 Å². The third kappa shape index (κ3) is 4.31. The zero-order chi connectivity index (χ0) is 13.5. The highest BCUT2D eigenvalue weighted by Crippen LogP contribution is 2.24. The van der Waals surface area contributed by atoms with Crippen LogP contribution in [0.3, 0.4) is 0 Å². The number of alkyl halides is 2. The molecular weight excluding hydrogens is 316 g/mol. The molecular formula is C14H14BrClO2. The number of rotatable bonds is 6. The summed E-state index contributed by atoms with van der Waals surface area (Å²) in [5.41, 5.74) is 1.31. The van der Waals surface area contributed by atoms with Crippen LogP contribution in [0.1, 0.15) is 23.1 Å². The SMILES string of the molecule is C=Cc1ccc(C(Cl)OC(=O)C(=C)CCBr)cc1. The Morgan fingerprint density at radius 1 is 1.44 bits per heavy atom. The quantitative estimate of drug-likeness (QED) is 0.438. The zero-order valence-electron chi connectivity index (χ0n) is 9.86. The van der Waals surface area contributed by atoms with Crippen molar-refractivity contribution in [3.05, 3.63) is 54.1 Å². The summed E-state index contributed by atoms with van der Waals surface area (Å²) >= 11 is 9.25. The summed E-state index contributed by atoms with van der Waals surface area (Å²) in [4.78, 5) is 11.6. The largest absolute Gasteiger partial charge is 0.438 e. The molecule has 0 spiro atoms. The molecule has 18 heavy (non-hydrogen) atoms. The Kier molecular flexibility index (Phi) is 6.16. The van der Waals surface area contributed by atoms with Gasteiger partial charge in [-0.1, -0.05) is 71.0 Å². The van der Waals surface area contributed by atoms with Crippen molar-refractivity contribution in [3.8, 4) is 0 Å². The Balaban J connectivity index is 2.64. The van der Waals surface area contributed by atoms with Crippen LogP contribution in [-0.4, -0.2) is 11.3 Å². The van der Waals surface area contributed by atoms with Crippen LogP contribution in [-0.2, 0) is 9.53 Å². The third-order valence-electron chi connectivity index (χ3n) is 2.33. The molecule has 0 aliphatic carbocycles. The number of esters is 1. The van der Waals surface area contributed by atoms with Crippen LogP contribution >= 0.6 is 27.5 Å². The first kappa shape index (κ1) is 15.0. The number of benzene rings is 1. The highest BCUT2D eigenvalue weighted by molar-refractivity contribution is 9.09. The second-order valence-electron chi connectivity index (χ2n) is 3.63. The van der Waals surface area contributed by atoms with E-state index in [0.717, 1.165) is 11.1 Å². The summed E-state index contributed by atoms with van der Waals surface area (Å²) in [5.74, 6) is -0.470. The van der Waals surface area contributed by atoms with Crippen molar-refractivity contribution in [3.63, 3.8) is 0 Å². The van der Waals surface area contributed by atoms with Crippen molar-refractivity contribution in [1.29, 1.82) is 0 Å². The molecule has 0 aliphatic rings. The topological polar surface area (TPSA) is 26.3 Å². The minimum absolute atomic E-state index is 0.403. The molecule has 0 saturated heterocycles. The van der Waals surface area contributed by atoms with Gasteiger partial charge in [-0.3, -0.25) is 0 Å². The molecule has 0 bridgehead atoms. The number of carbonyl (C=O) groups excluding carboxylic acids is 1. The van der Waals surface area contributed by atoms with E-state index in [1.54, 1.807) is 18.2 Å². The molecule has 1 atom stereocenters. The average molecular weight is 330 g/mol. The summed E-state index contributed by atoms with van der Waals surface area (Å²) in [7, 11) is 0. The molecule has 1 unspecified atom stereocenters. The second-order valence-corrected chi connectivity index (χ2v) is 4.82. The lowest BCUT2D eigenvalue weighted by Crippen LogP contribution is -2.09. The number of carbonyl (C=O) groups is 1. The fourth-order valence-electron chi connectivity index (χ4n) is 1.24. The molecule has 1 aromatic rings. The Morgan fingerprint density at radius 3 is 2.56 bits per heavy atom. The van der Waals surface area contributed by atoms with E-state index in [-0.39, 0.29) is 0 Å². The van der Waals surface area contributed by atoms with Crippen LogP contribution in [0.25, 0.3) is 6.08 Å². The van der Waals surface area contributed by atoms with Gasteiger partial charge in [-0.05, 0) is 12.0 Å². The first-order chi connectivity index (χ1) is 8.58. The van der Waals surface area contributed by atoms with Crippen LogP contribution in [0.2, 0.25) is 0 Å². The molecule has 0 aliphatic heterocycles. The molecule has 2 nitrogen and oxygen atoms in total. The third-order valence-corrected chi connectivity index (χ3v) is 3.07. The maximum absolute atomic E-state index is 11.6. The van der Waals surface area contributed by atoms with E-state index in [4.69, 9.17) is 16.3 Å². The molecule has 4 heteroatoms. The summed E-state index contributed by atoms with van der Waals surface area (Å²) in [5, 5.41) is 0.669. The van der Waals surface area contributed by atoms with Gasteiger partial charge in [-0.2, -0.15) is 0 Å². The number of hydrogen-bond acceptors (Lipinski definition) is 2. The molecule has 0 amide bonds.